The number of hydrogen-bond acceptors (Lipinski definition) is 5. The zero-order valence-electron chi connectivity index (χ0n) is 13.8. The minimum atomic E-state index is -0.231. The van der Waals surface area contributed by atoms with Crippen molar-refractivity contribution in [1.82, 2.24) is 19.5 Å². The molecule has 3 heterocycles. The van der Waals surface area contributed by atoms with Crippen molar-refractivity contribution < 1.29 is 9.53 Å². The quantitative estimate of drug-likeness (QED) is 0.940. The molecule has 0 aliphatic carbocycles. The molecule has 2 aromatic rings. The van der Waals surface area contributed by atoms with Gasteiger partial charge in [0.25, 0.3) is 0 Å². The third-order valence-electron chi connectivity index (χ3n) is 4.56. The van der Waals surface area contributed by atoms with Gasteiger partial charge in [-0.3, -0.25) is 0 Å². The number of amides is 1. The Morgan fingerprint density at radius 2 is 2.17 bits per heavy atom. The van der Waals surface area contributed by atoms with E-state index in [0.29, 0.717) is 5.92 Å². The number of hydrogen-bond donors (Lipinski definition) is 1. The highest BCUT2D eigenvalue weighted by atomic mass is 16.5. The number of likely N-dealkylation sites (tertiary alicyclic amines) is 1. The number of rotatable bonds is 3. The van der Waals surface area contributed by atoms with Crippen LogP contribution in [0.15, 0.2) is 18.5 Å². The third kappa shape index (κ3) is 3.23. The smallest absolute Gasteiger partial charge is 0.409 e. The molecular formula is C16H23N5O2. The number of carbonyl (C=O) groups is 1. The number of piperidine rings is 1. The molecule has 0 saturated carbocycles. The summed E-state index contributed by atoms with van der Waals surface area (Å²) in [5.74, 6) is 1.36. The maximum atomic E-state index is 11.6. The van der Waals surface area contributed by atoms with Gasteiger partial charge < -0.3 is 15.0 Å². The molecule has 0 bridgehead atoms. The Morgan fingerprint density at radius 3 is 2.87 bits per heavy atom. The average Bonchev–Trinajstić information content (AvgIpc) is 2.95. The summed E-state index contributed by atoms with van der Waals surface area (Å²) in [6, 6.07) is 2.31. The van der Waals surface area contributed by atoms with Crippen LogP contribution in [-0.4, -0.2) is 51.8 Å². The fourth-order valence-corrected chi connectivity index (χ4v) is 3.20. The molecule has 1 aliphatic heterocycles. The Bertz CT molecular complexity index is 691. The second-order valence-corrected chi connectivity index (χ2v) is 6.12. The molecule has 1 saturated heterocycles. The van der Waals surface area contributed by atoms with Crippen LogP contribution >= 0.6 is 0 Å². The first kappa shape index (κ1) is 15.6. The van der Waals surface area contributed by atoms with Crippen molar-refractivity contribution in [2.24, 2.45) is 5.92 Å². The lowest BCUT2D eigenvalue weighted by molar-refractivity contribution is 0.104. The Morgan fingerprint density at radius 1 is 1.43 bits per heavy atom. The van der Waals surface area contributed by atoms with Gasteiger partial charge in [0.15, 0.2) is 5.82 Å². The van der Waals surface area contributed by atoms with Crippen LogP contribution < -0.4 is 5.32 Å². The first-order valence-electron chi connectivity index (χ1n) is 7.99. The van der Waals surface area contributed by atoms with Gasteiger partial charge in [0.1, 0.15) is 5.52 Å². The van der Waals surface area contributed by atoms with Crippen LogP contribution in [0, 0.1) is 12.8 Å². The Hall–Kier alpha value is -2.31. The summed E-state index contributed by atoms with van der Waals surface area (Å²) in [6.07, 6.45) is 5.31. The SMILES string of the molecule is COC(=O)N1CCC(C(C)Nc2nccn3nc(C)cc23)CC1. The molecule has 7 heteroatoms. The van der Waals surface area contributed by atoms with Crippen molar-refractivity contribution in [3.8, 4) is 0 Å². The molecule has 1 N–H and O–H groups in total. The number of nitrogens with one attached hydrogen (secondary N) is 1. The zero-order valence-corrected chi connectivity index (χ0v) is 13.8. The number of aromatic nitrogens is 3. The standard InChI is InChI=1S/C16H23N5O2/c1-11-10-14-15(17-6-9-21(14)19-11)18-12(2)13-4-7-20(8-5-13)16(22)23-3/h6,9-10,12-13H,4-5,7-8H2,1-3H3,(H,17,18). The summed E-state index contributed by atoms with van der Waals surface area (Å²) in [5, 5.41) is 7.93. The lowest BCUT2D eigenvalue weighted by Crippen LogP contribution is -2.42. The fraction of sp³-hybridized carbons (Fsp3) is 0.562. The molecule has 124 valence electrons. The first-order chi connectivity index (χ1) is 11.1. The van der Waals surface area contributed by atoms with Gasteiger partial charge in [-0.15, -0.1) is 0 Å². The van der Waals surface area contributed by atoms with Gasteiger partial charge in [0.05, 0.1) is 12.8 Å². The van der Waals surface area contributed by atoms with E-state index in [1.165, 1.54) is 7.11 Å². The van der Waals surface area contributed by atoms with Crippen molar-refractivity contribution in [2.45, 2.75) is 32.7 Å². The molecule has 1 unspecified atom stereocenters. The number of anilines is 1. The van der Waals surface area contributed by atoms with E-state index < -0.39 is 0 Å². The van der Waals surface area contributed by atoms with Crippen LogP contribution in [0.2, 0.25) is 0 Å². The largest absolute Gasteiger partial charge is 0.453 e. The summed E-state index contributed by atoms with van der Waals surface area (Å²) >= 11 is 0. The van der Waals surface area contributed by atoms with E-state index in [0.717, 1.165) is 43.0 Å². The summed E-state index contributed by atoms with van der Waals surface area (Å²) in [4.78, 5) is 17.8. The van der Waals surface area contributed by atoms with E-state index >= 15 is 0 Å². The normalized spacial score (nSPS) is 17.3. The third-order valence-corrected chi connectivity index (χ3v) is 4.56. The van der Waals surface area contributed by atoms with Crippen LogP contribution in [0.4, 0.5) is 10.6 Å². The predicted octanol–water partition coefficient (Wildman–Crippen LogP) is 2.32. The van der Waals surface area contributed by atoms with Crippen LogP contribution in [0.25, 0.3) is 5.52 Å². The molecule has 0 radical (unpaired) electrons. The van der Waals surface area contributed by atoms with Gasteiger partial charge in [-0.05, 0) is 38.7 Å². The molecule has 0 aromatic carbocycles. The predicted molar refractivity (Wildman–Crippen MR) is 87.5 cm³/mol. The van der Waals surface area contributed by atoms with Gasteiger partial charge >= 0.3 is 6.09 Å². The van der Waals surface area contributed by atoms with Gasteiger partial charge in [-0.1, -0.05) is 0 Å². The van der Waals surface area contributed by atoms with Gasteiger partial charge in [0.2, 0.25) is 0 Å². The molecule has 1 aliphatic rings. The molecule has 1 fully saturated rings. The highest BCUT2D eigenvalue weighted by Crippen LogP contribution is 2.24. The van der Waals surface area contributed by atoms with Crippen LogP contribution in [-0.2, 0) is 4.74 Å². The number of nitrogens with zero attached hydrogens (tertiary/aromatic N) is 4. The van der Waals surface area contributed by atoms with E-state index in [9.17, 15) is 4.79 Å². The summed E-state index contributed by atoms with van der Waals surface area (Å²) in [6.45, 7) is 5.63. The summed E-state index contributed by atoms with van der Waals surface area (Å²) in [7, 11) is 1.43. The van der Waals surface area contributed by atoms with Gasteiger partial charge in [0, 0.05) is 31.5 Å². The lowest BCUT2D eigenvalue weighted by atomic mass is 9.90. The van der Waals surface area contributed by atoms with Crippen molar-refractivity contribution >= 4 is 17.4 Å². The van der Waals surface area contributed by atoms with Gasteiger partial charge in [-0.25, -0.2) is 14.3 Å². The van der Waals surface area contributed by atoms with Crippen molar-refractivity contribution in [1.29, 1.82) is 0 Å². The Balaban J connectivity index is 1.65. The monoisotopic (exact) mass is 317 g/mol. The van der Waals surface area contributed by atoms with E-state index in [2.05, 4.69) is 22.3 Å². The number of methoxy groups -OCH3 is 1. The van der Waals surface area contributed by atoms with Crippen LogP contribution in [0.1, 0.15) is 25.5 Å². The molecule has 23 heavy (non-hydrogen) atoms. The second kappa shape index (κ2) is 6.44. The molecule has 2 aromatic heterocycles. The number of fused-ring (bicyclic) bond motifs is 1. The Labute approximate surface area is 135 Å². The van der Waals surface area contributed by atoms with Crippen LogP contribution in [0.5, 0.6) is 0 Å². The lowest BCUT2D eigenvalue weighted by Gasteiger charge is -2.34. The highest BCUT2D eigenvalue weighted by molar-refractivity contribution is 5.68. The maximum Gasteiger partial charge on any atom is 0.409 e. The van der Waals surface area contributed by atoms with Crippen molar-refractivity contribution in [2.75, 3.05) is 25.5 Å². The molecule has 7 nitrogen and oxygen atoms in total. The number of ether oxygens (including phenoxy) is 1. The molecule has 3 rings (SSSR count). The van der Waals surface area contributed by atoms with E-state index in [4.69, 9.17) is 4.74 Å². The molecule has 1 atom stereocenters. The fourth-order valence-electron chi connectivity index (χ4n) is 3.20. The molecule has 1 amide bonds. The first-order valence-corrected chi connectivity index (χ1v) is 7.99. The summed E-state index contributed by atoms with van der Waals surface area (Å²) in [5.41, 5.74) is 1.96. The molecular weight excluding hydrogens is 294 g/mol. The highest BCUT2D eigenvalue weighted by Gasteiger charge is 2.27. The van der Waals surface area contributed by atoms with Crippen molar-refractivity contribution in [3.05, 3.63) is 24.2 Å². The number of carbonyl (C=O) groups excluding carboxylic acids is 1. The summed E-state index contributed by atoms with van der Waals surface area (Å²) < 4.78 is 6.63. The maximum absolute atomic E-state index is 11.6. The van der Waals surface area contributed by atoms with E-state index in [1.54, 1.807) is 11.1 Å². The van der Waals surface area contributed by atoms with Crippen LogP contribution in [0.3, 0.4) is 0 Å². The second-order valence-electron chi connectivity index (χ2n) is 6.12. The minimum absolute atomic E-state index is 0.231. The van der Waals surface area contributed by atoms with Crippen molar-refractivity contribution in [3.63, 3.8) is 0 Å². The Kier molecular flexibility index (Phi) is 4.36. The average molecular weight is 317 g/mol. The number of aryl methyl sites for hydroxylation is 1. The topological polar surface area (TPSA) is 71.8 Å². The van der Waals surface area contributed by atoms with E-state index in [1.807, 2.05) is 23.7 Å². The minimum Gasteiger partial charge on any atom is -0.453 e. The van der Waals surface area contributed by atoms with Gasteiger partial charge in [-0.2, -0.15) is 5.10 Å². The zero-order chi connectivity index (χ0) is 16.4. The molecule has 0 spiro atoms. The van der Waals surface area contributed by atoms with E-state index in [-0.39, 0.29) is 12.1 Å².